The molecule has 0 radical (unpaired) electrons. The predicted molar refractivity (Wildman–Crippen MR) is 383 cm³/mol. The summed E-state index contributed by atoms with van der Waals surface area (Å²) in [7, 11) is 0. The Balaban J connectivity index is 0.000000145. The molecular formula is C80H53Br2N7. The maximum atomic E-state index is 4.89. The predicted octanol–water partition coefficient (Wildman–Crippen LogP) is 23.2. The van der Waals surface area contributed by atoms with E-state index in [1.165, 1.54) is 43.1 Å². The van der Waals surface area contributed by atoms with E-state index in [1.54, 1.807) is 24.8 Å². The molecule has 0 aliphatic heterocycles. The van der Waals surface area contributed by atoms with E-state index in [4.69, 9.17) is 9.97 Å². The third-order valence-corrected chi connectivity index (χ3v) is 17.4. The normalized spacial score (nSPS) is 11.3. The first-order valence-electron chi connectivity index (χ1n) is 29.5. The van der Waals surface area contributed by atoms with E-state index in [0.29, 0.717) is 0 Å². The zero-order valence-electron chi connectivity index (χ0n) is 48.0. The summed E-state index contributed by atoms with van der Waals surface area (Å²) in [4.78, 5) is 23.6. The van der Waals surface area contributed by atoms with Crippen LogP contribution in [0.25, 0.3) is 97.5 Å². The summed E-state index contributed by atoms with van der Waals surface area (Å²) in [5.41, 5.74) is 12.5. The maximum absolute atomic E-state index is 4.89. The lowest BCUT2D eigenvalue weighted by atomic mass is 9.97. The van der Waals surface area contributed by atoms with Crippen molar-refractivity contribution >= 4 is 175 Å². The number of para-hydroxylation sites is 3. The van der Waals surface area contributed by atoms with Gasteiger partial charge in [-0.05, 0) is 141 Å². The van der Waals surface area contributed by atoms with Crippen LogP contribution in [-0.2, 0) is 0 Å². The fraction of sp³-hybridized carbons (Fsp3) is 0. The van der Waals surface area contributed by atoms with Crippen LogP contribution in [0.5, 0.6) is 0 Å². The lowest BCUT2D eigenvalue weighted by Gasteiger charge is -2.28. The van der Waals surface area contributed by atoms with E-state index in [-0.39, 0.29) is 0 Å². The fourth-order valence-electron chi connectivity index (χ4n) is 12.4. The number of rotatable bonds is 8. The van der Waals surface area contributed by atoms with Crippen molar-refractivity contribution in [3.8, 4) is 0 Å². The van der Waals surface area contributed by atoms with Gasteiger partial charge < -0.3 is 15.1 Å². The van der Waals surface area contributed by atoms with E-state index in [9.17, 15) is 0 Å². The first-order valence-corrected chi connectivity index (χ1v) is 31.0. The zero-order valence-corrected chi connectivity index (χ0v) is 51.1. The van der Waals surface area contributed by atoms with Crippen molar-refractivity contribution in [3.63, 3.8) is 0 Å². The highest BCUT2D eigenvalue weighted by molar-refractivity contribution is 9.10. The SMILES string of the molecule is Brc1ccc2c(c1)c1cc(Br)ccc1c1nccnc21.c1ccc(N(c2ccc3c(c2)c2cc(N(c4ccccc4)c4cccc5ccccc45)ccc2c2nccnc32)c2cccc3ccccc23)cc1.c1ccc(Nc2cccc3ccccc23)cc1. The first kappa shape index (κ1) is 54.8. The molecule has 0 aliphatic rings. The van der Waals surface area contributed by atoms with E-state index in [2.05, 4.69) is 318 Å². The minimum atomic E-state index is 0.898. The summed E-state index contributed by atoms with van der Waals surface area (Å²) in [6.07, 6.45) is 7.07. The molecule has 1 N–H and O–H groups in total. The third-order valence-electron chi connectivity index (χ3n) is 16.4. The van der Waals surface area contributed by atoms with Crippen LogP contribution in [0.3, 0.4) is 0 Å². The maximum Gasteiger partial charge on any atom is 0.0971 e. The Bertz CT molecular complexity index is 5180. The summed E-state index contributed by atoms with van der Waals surface area (Å²) in [6.45, 7) is 0. The van der Waals surface area contributed by atoms with Gasteiger partial charge in [-0.25, -0.2) is 0 Å². The smallest absolute Gasteiger partial charge is 0.0971 e. The van der Waals surface area contributed by atoms with Gasteiger partial charge in [0.05, 0.1) is 33.4 Å². The molecule has 15 aromatic carbocycles. The van der Waals surface area contributed by atoms with Crippen molar-refractivity contribution in [2.45, 2.75) is 0 Å². The molecule has 0 aliphatic carbocycles. The highest BCUT2D eigenvalue weighted by Crippen LogP contribution is 2.46. The molecule has 2 heterocycles. The highest BCUT2D eigenvalue weighted by Gasteiger charge is 2.21. The second-order valence-corrected chi connectivity index (χ2v) is 23.5. The molecule has 0 atom stereocenters. The third kappa shape index (κ3) is 10.7. The molecule has 2 aromatic heterocycles. The van der Waals surface area contributed by atoms with Gasteiger partial charge in [0.1, 0.15) is 0 Å². The van der Waals surface area contributed by atoms with Crippen LogP contribution in [0.15, 0.2) is 325 Å². The molecule has 0 spiro atoms. The quantitative estimate of drug-likeness (QED) is 0.152. The second-order valence-electron chi connectivity index (χ2n) is 21.7. The molecule has 7 nitrogen and oxygen atoms in total. The molecular weight excluding hydrogens is 1220 g/mol. The van der Waals surface area contributed by atoms with Gasteiger partial charge in [-0.1, -0.05) is 220 Å². The summed E-state index contributed by atoms with van der Waals surface area (Å²) < 4.78 is 2.13. The van der Waals surface area contributed by atoms with Crippen molar-refractivity contribution < 1.29 is 0 Å². The molecule has 0 amide bonds. The largest absolute Gasteiger partial charge is 0.355 e. The minimum absolute atomic E-state index is 0.898. The Morgan fingerprint density at radius 2 is 0.584 bits per heavy atom. The number of nitrogens with zero attached hydrogens (tertiary/aromatic N) is 6. The number of nitrogens with one attached hydrogen (secondary N) is 1. The summed E-state index contributed by atoms with van der Waals surface area (Å²) in [6, 6.07) is 103. The van der Waals surface area contributed by atoms with Gasteiger partial charge in [-0.15, -0.1) is 0 Å². The van der Waals surface area contributed by atoms with Crippen molar-refractivity contribution in [3.05, 3.63) is 325 Å². The monoisotopic (exact) mass is 1270 g/mol. The molecule has 0 fully saturated rings. The Morgan fingerprint density at radius 3 is 1.02 bits per heavy atom. The van der Waals surface area contributed by atoms with Gasteiger partial charge in [0.25, 0.3) is 0 Å². The number of halogens is 2. The lowest BCUT2D eigenvalue weighted by molar-refractivity contribution is 1.29. The molecule has 89 heavy (non-hydrogen) atoms. The summed E-state index contributed by atoms with van der Waals surface area (Å²) in [5, 5.41) is 19.7. The Kier molecular flexibility index (Phi) is 14.9. The Labute approximate surface area is 531 Å². The standard InChI is InChI=1S/C48H32N4.C16H8Br2N2.C16H13N/c1-3-17-35(18-4-1)51(45-23-11-15-33-13-7-9-21-39(33)45)37-25-27-41-43(31-37)44-32-38(26-28-42(44)48-47(41)49-29-30-50-48)52(36-19-5-2-6-20-36)46-24-12-16-34-14-8-10-22-40(34)46;17-9-1-3-11-13(7-9)14-8-10(18)2-4-12(14)16-15(11)19-5-6-20-16;1-2-9-14(10-3-1)17-16-12-6-8-13-7-4-5-11-15(13)16/h1-32H;1-8H;1-12,17H. The van der Waals surface area contributed by atoms with Crippen LogP contribution >= 0.6 is 31.9 Å². The van der Waals surface area contributed by atoms with Gasteiger partial charge >= 0.3 is 0 Å². The number of hydrogen-bond acceptors (Lipinski definition) is 7. The lowest BCUT2D eigenvalue weighted by Crippen LogP contribution is -2.11. The van der Waals surface area contributed by atoms with Gasteiger partial charge in [0.2, 0.25) is 0 Å². The molecule has 0 bridgehead atoms. The van der Waals surface area contributed by atoms with E-state index in [0.717, 1.165) is 109 Å². The number of anilines is 8. The average molecular weight is 1270 g/mol. The Morgan fingerprint density at radius 1 is 0.247 bits per heavy atom. The second kappa shape index (κ2) is 24.1. The number of hydrogen-bond donors (Lipinski definition) is 1. The molecule has 9 heteroatoms. The van der Waals surface area contributed by atoms with Crippen LogP contribution in [0, 0.1) is 0 Å². The van der Waals surface area contributed by atoms with Crippen molar-refractivity contribution in [2.75, 3.05) is 15.1 Å². The topological polar surface area (TPSA) is 70.1 Å². The number of aromatic nitrogens is 4. The van der Waals surface area contributed by atoms with Gasteiger partial charge in [-0.3, -0.25) is 19.9 Å². The van der Waals surface area contributed by atoms with E-state index >= 15 is 0 Å². The van der Waals surface area contributed by atoms with Gasteiger partial charge in [0, 0.05) is 106 Å². The van der Waals surface area contributed by atoms with Crippen LogP contribution < -0.4 is 15.1 Å². The molecule has 0 saturated heterocycles. The van der Waals surface area contributed by atoms with Gasteiger partial charge in [-0.2, -0.15) is 0 Å². The average Bonchev–Trinajstić information content (AvgIpc) is 0.989. The van der Waals surface area contributed by atoms with Crippen molar-refractivity contribution in [2.24, 2.45) is 0 Å². The fourth-order valence-corrected chi connectivity index (χ4v) is 13.1. The van der Waals surface area contributed by atoms with Crippen molar-refractivity contribution in [1.29, 1.82) is 0 Å². The minimum Gasteiger partial charge on any atom is -0.355 e. The van der Waals surface area contributed by atoms with Crippen LogP contribution in [0.1, 0.15) is 0 Å². The van der Waals surface area contributed by atoms with E-state index < -0.39 is 0 Å². The van der Waals surface area contributed by atoms with Crippen LogP contribution in [0.2, 0.25) is 0 Å². The van der Waals surface area contributed by atoms with E-state index in [1.807, 2.05) is 30.3 Å². The molecule has 0 saturated carbocycles. The number of fused-ring (bicyclic) bond motifs is 15. The summed E-state index contributed by atoms with van der Waals surface area (Å²) in [5.74, 6) is 0. The van der Waals surface area contributed by atoms with Crippen LogP contribution in [-0.4, -0.2) is 19.9 Å². The molecule has 0 unspecified atom stereocenters. The highest BCUT2D eigenvalue weighted by atomic mass is 79.9. The molecule has 422 valence electrons. The summed E-state index contributed by atoms with van der Waals surface area (Å²) >= 11 is 7.11. The van der Waals surface area contributed by atoms with Crippen molar-refractivity contribution in [1.82, 2.24) is 19.9 Å². The van der Waals surface area contributed by atoms with Gasteiger partial charge in [0.15, 0.2) is 0 Å². The molecule has 17 aromatic rings. The van der Waals surface area contributed by atoms with Crippen LogP contribution in [0.4, 0.5) is 45.5 Å². The number of benzene rings is 15. The first-order chi connectivity index (χ1) is 44.0. The molecule has 17 rings (SSSR count). The zero-order chi connectivity index (χ0) is 59.6. The Hall–Kier alpha value is -10.8.